The maximum atomic E-state index is 13.3. The topological polar surface area (TPSA) is 75.1 Å². The highest BCUT2D eigenvalue weighted by molar-refractivity contribution is 7.19. The molecule has 0 radical (unpaired) electrons. The molecule has 7 heteroatoms. The Hall–Kier alpha value is -2.54. The van der Waals surface area contributed by atoms with Crippen LogP contribution < -0.4 is 5.32 Å². The number of rotatable bonds is 5. The molecule has 0 saturated carbocycles. The number of fused-ring (bicyclic) bond motifs is 1. The summed E-state index contributed by atoms with van der Waals surface area (Å²) in [5, 5.41) is 13.4. The van der Waals surface area contributed by atoms with E-state index in [1.54, 1.807) is 19.1 Å². The fraction of sp³-hybridized carbons (Fsp3) is 0.316. The van der Waals surface area contributed by atoms with Crippen LogP contribution in [-0.2, 0) is 4.79 Å². The third kappa shape index (κ3) is 3.39. The molecule has 2 heterocycles. The Balaban J connectivity index is 2.22. The number of nitrogens with one attached hydrogen (secondary N) is 1. The lowest BCUT2D eigenvalue weighted by Crippen LogP contribution is -2.34. The molecule has 0 aliphatic rings. The number of carbonyl (C=O) groups is 1. The second-order valence-corrected chi connectivity index (χ2v) is 7.75. The molecule has 136 valence electrons. The zero-order chi connectivity index (χ0) is 19.0. The van der Waals surface area contributed by atoms with Crippen molar-refractivity contribution in [2.45, 2.75) is 33.7 Å². The highest BCUT2D eigenvalue weighted by Crippen LogP contribution is 2.41. The Kier molecular flexibility index (Phi) is 4.91. The van der Waals surface area contributed by atoms with Crippen LogP contribution >= 0.6 is 11.3 Å². The van der Waals surface area contributed by atoms with Crippen LogP contribution in [-0.4, -0.2) is 27.1 Å². The quantitative estimate of drug-likeness (QED) is 0.682. The molecule has 2 aromatic heterocycles. The van der Waals surface area contributed by atoms with Crippen molar-refractivity contribution in [3.63, 3.8) is 0 Å². The maximum absolute atomic E-state index is 13.3. The van der Waals surface area contributed by atoms with Gasteiger partial charge in [0.05, 0.1) is 5.39 Å². The Morgan fingerprint density at radius 1 is 1.19 bits per heavy atom. The first-order chi connectivity index (χ1) is 12.3. The Morgan fingerprint density at radius 3 is 2.42 bits per heavy atom. The molecule has 0 aliphatic heterocycles. The highest BCUT2D eigenvalue weighted by Gasteiger charge is 2.25. The average Bonchev–Trinajstić information content (AvgIpc) is 2.88. The number of aliphatic carboxylic acids is 1. The standard InChI is InChI=1S/C19H20FN3O2S/c1-9(2)16(19(24)25)23-17-15-14(12-5-7-13(20)8-6-12)10(3)26-18(15)22-11(4)21-17/h5-9,16H,1-4H3,(H,24,25)(H,21,22,23). The van der Waals surface area contributed by atoms with Crippen molar-refractivity contribution in [1.82, 2.24) is 9.97 Å². The normalized spacial score (nSPS) is 12.5. The number of hydrogen-bond acceptors (Lipinski definition) is 5. The van der Waals surface area contributed by atoms with E-state index in [-0.39, 0.29) is 11.7 Å². The third-order valence-electron chi connectivity index (χ3n) is 4.20. The van der Waals surface area contributed by atoms with Gasteiger partial charge in [0, 0.05) is 10.4 Å². The molecular weight excluding hydrogens is 353 g/mol. The number of carboxylic acids is 1. The lowest BCUT2D eigenvalue weighted by atomic mass is 10.0. The average molecular weight is 373 g/mol. The van der Waals surface area contributed by atoms with Gasteiger partial charge in [-0.2, -0.15) is 0 Å². The number of aromatic nitrogens is 2. The van der Waals surface area contributed by atoms with Gasteiger partial charge in [-0.15, -0.1) is 11.3 Å². The number of benzene rings is 1. The van der Waals surface area contributed by atoms with E-state index < -0.39 is 12.0 Å². The molecule has 3 aromatic rings. The van der Waals surface area contributed by atoms with Crippen molar-refractivity contribution in [2.24, 2.45) is 5.92 Å². The predicted octanol–water partition coefficient (Wildman–Crippen LogP) is 4.64. The van der Waals surface area contributed by atoms with Gasteiger partial charge in [-0.05, 0) is 37.5 Å². The molecule has 2 N–H and O–H groups in total. The van der Waals surface area contributed by atoms with Crippen LogP contribution in [0.1, 0.15) is 24.5 Å². The van der Waals surface area contributed by atoms with Crippen LogP contribution in [0.5, 0.6) is 0 Å². The molecule has 1 atom stereocenters. The van der Waals surface area contributed by atoms with E-state index in [9.17, 15) is 14.3 Å². The van der Waals surface area contributed by atoms with Gasteiger partial charge in [0.2, 0.25) is 0 Å². The van der Waals surface area contributed by atoms with Crippen molar-refractivity contribution in [3.05, 3.63) is 40.8 Å². The highest BCUT2D eigenvalue weighted by atomic mass is 32.1. The molecule has 5 nitrogen and oxygen atoms in total. The fourth-order valence-corrected chi connectivity index (χ4v) is 4.04. The largest absolute Gasteiger partial charge is 0.480 e. The summed E-state index contributed by atoms with van der Waals surface area (Å²) in [6, 6.07) is 5.48. The maximum Gasteiger partial charge on any atom is 0.326 e. The number of hydrogen-bond donors (Lipinski definition) is 2. The molecular formula is C19H20FN3O2S. The van der Waals surface area contributed by atoms with Gasteiger partial charge in [0.15, 0.2) is 0 Å². The number of halogens is 1. The molecule has 0 saturated heterocycles. The van der Waals surface area contributed by atoms with Crippen LogP contribution in [0.15, 0.2) is 24.3 Å². The smallest absolute Gasteiger partial charge is 0.326 e. The molecule has 0 amide bonds. The van der Waals surface area contributed by atoms with Crippen molar-refractivity contribution in [3.8, 4) is 11.1 Å². The molecule has 26 heavy (non-hydrogen) atoms. The minimum absolute atomic E-state index is 0.119. The molecule has 0 fully saturated rings. The fourth-order valence-electron chi connectivity index (χ4n) is 2.95. The zero-order valence-electron chi connectivity index (χ0n) is 15.0. The summed E-state index contributed by atoms with van der Waals surface area (Å²) in [5.41, 5.74) is 1.75. The molecule has 0 spiro atoms. The first kappa shape index (κ1) is 18.3. The van der Waals surface area contributed by atoms with Crippen molar-refractivity contribution < 1.29 is 14.3 Å². The Bertz CT molecular complexity index is 967. The van der Waals surface area contributed by atoms with Gasteiger partial charge in [0.1, 0.15) is 28.3 Å². The summed E-state index contributed by atoms with van der Waals surface area (Å²) in [6.45, 7) is 7.44. The monoisotopic (exact) mass is 373 g/mol. The molecule has 0 bridgehead atoms. The lowest BCUT2D eigenvalue weighted by Gasteiger charge is -2.19. The molecule has 3 rings (SSSR count). The molecule has 1 unspecified atom stereocenters. The number of nitrogens with zero attached hydrogens (tertiary/aromatic N) is 2. The summed E-state index contributed by atoms with van der Waals surface area (Å²) in [4.78, 5) is 22.4. The summed E-state index contributed by atoms with van der Waals surface area (Å²) in [6.07, 6.45) is 0. The van der Waals surface area contributed by atoms with Crippen molar-refractivity contribution in [1.29, 1.82) is 0 Å². The predicted molar refractivity (Wildman–Crippen MR) is 102 cm³/mol. The number of aryl methyl sites for hydroxylation is 2. The Labute approximate surface area is 154 Å². The minimum atomic E-state index is -0.931. The van der Waals surface area contributed by atoms with E-state index >= 15 is 0 Å². The molecule has 0 aliphatic carbocycles. The second kappa shape index (κ2) is 6.99. The van der Waals surface area contributed by atoms with E-state index in [4.69, 9.17) is 0 Å². The first-order valence-electron chi connectivity index (χ1n) is 8.31. The summed E-state index contributed by atoms with van der Waals surface area (Å²) in [7, 11) is 0. The van der Waals surface area contributed by atoms with Crippen LogP contribution in [0.2, 0.25) is 0 Å². The molecule has 1 aromatic carbocycles. The van der Waals surface area contributed by atoms with E-state index in [0.717, 1.165) is 26.2 Å². The summed E-state index contributed by atoms with van der Waals surface area (Å²) >= 11 is 1.52. The Morgan fingerprint density at radius 2 is 1.85 bits per heavy atom. The van der Waals surface area contributed by atoms with Crippen LogP contribution in [0.25, 0.3) is 21.3 Å². The van der Waals surface area contributed by atoms with E-state index in [0.29, 0.717) is 11.6 Å². The summed E-state index contributed by atoms with van der Waals surface area (Å²) in [5.74, 6) is -0.286. The SMILES string of the molecule is Cc1nc(NC(C(=O)O)C(C)C)c2c(-c3ccc(F)cc3)c(C)sc2n1. The van der Waals surface area contributed by atoms with Gasteiger partial charge in [-0.1, -0.05) is 26.0 Å². The van der Waals surface area contributed by atoms with E-state index in [1.807, 2.05) is 20.8 Å². The van der Waals surface area contributed by atoms with Crippen molar-refractivity contribution >= 4 is 33.3 Å². The van der Waals surface area contributed by atoms with Crippen molar-refractivity contribution in [2.75, 3.05) is 5.32 Å². The number of thiophene rings is 1. The van der Waals surface area contributed by atoms with E-state index in [1.165, 1.54) is 23.5 Å². The van der Waals surface area contributed by atoms with Gasteiger partial charge in [-0.25, -0.2) is 19.2 Å². The third-order valence-corrected chi connectivity index (χ3v) is 5.20. The first-order valence-corrected chi connectivity index (χ1v) is 9.12. The zero-order valence-corrected chi connectivity index (χ0v) is 15.8. The number of anilines is 1. The van der Waals surface area contributed by atoms with Gasteiger partial charge in [-0.3, -0.25) is 0 Å². The van der Waals surface area contributed by atoms with Gasteiger partial charge in [0.25, 0.3) is 0 Å². The van der Waals surface area contributed by atoms with Gasteiger partial charge < -0.3 is 10.4 Å². The summed E-state index contributed by atoms with van der Waals surface area (Å²) < 4.78 is 13.3. The van der Waals surface area contributed by atoms with Crippen LogP contribution in [0.4, 0.5) is 10.2 Å². The van der Waals surface area contributed by atoms with Gasteiger partial charge >= 0.3 is 5.97 Å². The van der Waals surface area contributed by atoms with Crippen LogP contribution in [0, 0.1) is 25.6 Å². The second-order valence-electron chi connectivity index (χ2n) is 6.54. The van der Waals surface area contributed by atoms with Crippen LogP contribution in [0.3, 0.4) is 0 Å². The minimum Gasteiger partial charge on any atom is -0.480 e. The number of carboxylic acid groups (broad SMARTS) is 1. The van der Waals surface area contributed by atoms with E-state index in [2.05, 4.69) is 15.3 Å². The lowest BCUT2D eigenvalue weighted by molar-refractivity contribution is -0.138.